The number of carbonyl (C=O) groups is 1. The number of nitrogens with zero attached hydrogens (tertiary/aromatic N) is 2. The van der Waals surface area contributed by atoms with E-state index in [-0.39, 0.29) is 17.9 Å². The molecule has 2 atom stereocenters. The fourth-order valence-electron chi connectivity index (χ4n) is 3.95. The van der Waals surface area contributed by atoms with Crippen molar-refractivity contribution in [2.24, 2.45) is 16.6 Å². The zero-order chi connectivity index (χ0) is 19.8. The van der Waals surface area contributed by atoms with Crippen molar-refractivity contribution in [1.82, 2.24) is 15.5 Å². The van der Waals surface area contributed by atoms with Crippen LogP contribution < -0.4 is 16.4 Å². The van der Waals surface area contributed by atoms with Crippen molar-refractivity contribution >= 4 is 11.9 Å². The average molecular weight is 388 g/mol. The lowest BCUT2D eigenvalue weighted by atomic mass is 9.97. The van der Waals surface area contributed by atoms with E-state index in [1.165, 1.54) is 11.1 Å². The van der Waals surface area contributed by atoms with Crippen molar-refractivity contribution in [3.63, 3.8) is 0 Å². The van der Waals surface area contributed by atoms with E-state index >= 15 is 0 Å². The molecular weight excluding hydrogens is 354 g/mol. The first-order valence-electron chi connectivity index (χ1n) is 10.3. The first-order valence-corrected chi connectivity index (χ1v) is 10.3. The van der Waals surface area contributed by atoms with Gasteiger partial charge in [-0.2, -0.15) is 0 Å². The van der Waals surface area contributed by atoms with Crippen LogP contribution in [-0.4, -0.2) is 56.2 Å². The summed E-state index contributed by atoms with van der Waals surface area (Å²) in [5, 5.41) is 6.71. The van der Waals surface area contributed by atoms with Crippen LogP contribution in [0.25, 0.3) is 0 Å². The Morgan fingerprint density at radius 2 is 2.14 bits per heavy atom. The van der Waals surface area contributed by atoms with Crippen LogP contribution in [0.2, 0.25) is 0 Å². The highest BCUT2D eigenvalue weighted by Gasteiger charge is 2.23. The molecule has 0 radical (unpaired) electrons. The van der Waals surface area contributed by atoms with Gasteiger partial charge in [-0.25, -0.2) is 0 Å². The highest BCUT2D eigenvalue weighted by Crippen LogP contribution is 2.18. The van der Waals surface area contributed by atoms with E-state index < -0.39 is 0 Å². The number of carbonyl (C=O) groups excluding carboxylic acids is 1. The highest BCUT2D eigenvalue weighted by molar-refractivity contribution is 5.79. The molecule has 154 valence electrons. The summed E-state index contributed by atoms with van der Waals surface area (Å²) >= 11 is 0. The van der Waals surface area contributed by atoms with Crippen LogP contribution in [-0.2, 0) is 22.6 Å². The van der Waals surface area contributed by atoms with Crippen LogP contribution in [0.5, 0.6) is 0 Å². The molecular formula is C21H33N5O2. The predicted molar refractivity (Wildman–Crippen MR) is 111 cm³/mol. The zero-order valence-corrected chi connectivity index (χ0v) is 16.8. The maximum absolute atomic E-state index is 11.5. The van der Waals surface area contributed by atoms with E-state index in [1.54, 1.807) is 7.05 Å². The van der Waals surface area contributed by atoms with E-state index in [2.05, 4.69) is 44.8 Å². The van der Waals surface area contributed by atoms with Crippen molar-refractivity contribution in [3.8, 4) is 0 Å². The molecule has 2 aliphatic rings. The van der Waals surface area contributed by atoms with Crippen molar-refractivity contribution in [1.29, 1.82) is 0 Å². The number of guanidine groups is 1. The molecule has 0 spiro atoms. The molecule has 2 heterocycles. The summed E-state index contributed by atoms with van der Waals surface area (Å²) in [5.74, 6) is 0.600. The second kappa shape index (κ2) is 10.4. The van der Waals surface area contributed by atoms with Crippen LogP contribution >= 0.6 is 0 Å². The lowest BCUT2D eigenvalue weighted by Crippen LogP contribution is -2.41. The molecule has 7 nitrogen and oxygen atoms in total. The van der Waals surface area contributed by atoms with Crippen LogP contribution in [0.3, 0.4) is 0 Å². The largest absolute Gasteiger partial charge is 0.376 e. The Balaban J connectivity index is 1.47. The van der Waals surface area contributed by atoms with Gasteiger partial charge < -0.3 is 21.1 Å². The van der Waals surface area contributed by atoms with Gasteiger partial charge >= 0.3 is 0 Å². The van der Waals surface area contributed by atoms with Gasteiger partial charge in [-0.1, -0.05) is 24.3 Å². The second-order valence-electron chi connectivity index (χ2n) is 7.74. The molecule has 1 aromatic carbocycles. The second-order valence-corrected chi connectivity index (χ2v) is 7.74. The number of amides is 1. The summed E-state index contributed by atoms with van der Waals surface area (Å²) in [6, 6.07) is 8.56. The first kappa shape index (κ1) is 20.6. The topological polar surface area (TPSA) is 92.0 Å². The molecule has 0 aromatic heterocycles. The predicted octanol–water partition coefficient (Wildman–Crippen LogP) is 1.23. The molecule has 28 heavy (non-hydrogen) atoms. The molecule has 2 saturated heterocycles. The third-order valence-electron chi connectivity index (χ3n) is 5.51. The summed E-state index contributed by atoms with van der Waals surface area (Å²) in [5.41, 5.74) is 7.96. The first-order chi connectivity index (χ1) is 13.6. The summed E-state index contributed by atoms with van der Waals surface area (Å²) < 4.78 is 5.64. The Kier molecular flexibility index (Phi) is 7.68. The smallest absolute Gasteiger partial charge is 0.221 e. The lowest BCUT2D eigenvalue weighted by Gasteiger charge is -2.31. The minimum Gasteiger partial charge on any atom is -0.376 e. The van der Waals surface area contributed by atoms with Crippen molar-refractivity contribution in [3.05, 3.63) is 35.4 Å². The van der Waals surface area contributed by atoms with Gasteiger partial charge in [0.15, 0.2) is 5.96 Å². The van der Waals surface area contributed by atoms with Gasteiger partial charge in [0.25, 0.3) is 0 Å². The van der Waals surface area contributed by atoms with Gasteiger partial charge in [0.1, 0.15) is 0 Å². The van der Waals surface area contributed by atoms with Crippen molar-refractivity contribution in [2.75, 3.05) is 33.3 Å². The number of likely N-dealkylation sites (tertiary alicyclic amines) is 1. The van der Waals surface area contributed by atoms with Crippen LogP contribution in [0.4, 0.5) is 0 Å². The number of hydrogen-bond donors (Lipinski definition) is 3. The minimum atomic E-state index is -0.176. The monoisotopic (exact) mass is 387 g/mol. The number of hydrogen-bond acceptors (Lipinski definition) is 4. The van der Waals surface area contributed by atoms with E-state index in [9.17, 15) is 4.79 Å². The van der Waals surface area contributed by atoms with Gasteiger partial charge in [0, 0.05) is 39.8 Å². The molecule has 0 bridgehead atoms. The Bertz CT molecular complexity index is 673. The lowest BCUT2D eigenvalue weighted by molar-refractivity contribution is -0.123. The summed E-state index contributed by atoms with van der Waals surface area (Å²) in [6.07, 6.45) is 4.48. The van der Waals surface area contributed by atoms with Gasteiger partial charge in [-0.05, 0) is 43.4 Å². The molecule has 3 rings (SSSR count). The number of aliphatic imine (C=N–C) groups is 1. The highest BCUT2D eigenvalue weighted by atomic mass is 16.5. The average Bonchev–Trinajstić information content (AvgIpc) is 3.22. The van der Waals surface area contributed by atoms with Crippen LogP contribution in [0.15, 0.2) is 29.3 Å². The van der Waals surface area contributed by atoms with E-state index in [0.29, 0.717) is 6.54 Å². The third kappa shape index (κ3) is 6.21. The number of nitrogens with one attached hydrogen (secondary N) is 2. The number of piperidine rings is 1. The van der Waals surface area contributed by atoms with Crippen molar-refractivity contribution < 1.29 is 9.53 Å². The Morgan fingerprint density at radius 1 is 1.29 bits per heavy atom. The van der Waals surface area contributed by atoms with Gasteiger partial charge in [0.05, 0.1) is 12.0 Å². The Hall–Kier alpha value is -2.12. The molecule has 4 N–H and O–H groups in total. The number of primary amides is 1. The molecule has 2 fully saturated rings. The Morgan fingerprint density at radius 3 is 2.89 bits per heavy atom. The summed E-state index contributed by atoms with van der Waals surface area (Å²) in [6.45, 7) is 4.99. The minimum absolute atomic E-state index is 0.0168. The molecule has 1 aromatic rings. The van der Waals surface area contributed by atoms with E-state index in [1.807, 2.05) is 0 Å². The number of benzene rings is 1. The number of nitrogens with two attached hydrogens (primary N) is 1. The van der Waals surface area contributed by atoms with Crippen molar-refractivity contribution in [2.45, 2.75) is 44.9 Å². The molecule has 2 aliphatic heterocycles. The number of rotatable bonds is 7. The maximum atomic E-state index is 11.5. The molecule has 0 aliphatic carbocycles. The molecule has 2 unspecified atom stereocenters. The quantitative estimate of drug-likeness (QED) is 0.483. The number of ether oxygens (including phenoxy) is 1. The molecule has 7 heteroatoms. The van der Waals surface area contributed by atoms with Crippen LogP contribution in [0, 0.1) is 5.92 Å². The normalized spacial score (nSPS) is 23.5. The van der Waals surface area contributed by atoms with E-state index in [0.717, 1.165) is 64.4 Å². The summed E-state index contributed by atoms with van der Waals surface area (Å²) in [4.78, 5) is 18.1. The standard InChI is InChI=1S/C21H33N5O2/c1-23-21(25-13-19-8-4-10-28-19)24-12-16-5-2-6-17(11-16)14-26-9-3-7-18(15-26)20(22)27/h2,5-6,11,18-19H,3-4,7-10,12-15H2,1H3,(H2,22,27)(H2,23,24,25). The van der Waals surface area contributed by atoms with Gasteiger partial charge in [0.2, 0.25) is 5.91 Å². The molecule has 1 amide bonds. The van der Waals surface area contributed by atoms with E-state index in [4.69, 9.17) is 10.5 Å². The van der Waals surface area contributed by atoms with Crippen LogP contribution in [0.1, 0.15) is 36.8 Å². The van der Waals surface area contributed by atoms with Gasteiger partial charge in [-0.3, -0.25) is 14.7 Å². The zero-order valence-electron chi connectivity index (χ0n) is 16.8. The van der Waals surface area contributed by atoms with Gasteiger partial charge in [-0.15, -0.1) is 0 Å². The SMILES string of the molecule is CN=C(NCc1cccc(CN2CCCC(C(N)=O)C2)c1)NCC1CCCO1. The fourth-order valence-corrected chi connectivity index (χ4v) is 3.95. The summed E-state index contributed by atoms with van der Waals surface area (Å²) in [7, 11) is 1.78. The fraction of sp³-hybridized carbons (Fsp3) is 0.619. The maximum Gasteiger partial charge on any atom is 0.221 e. The third-order valence-corrected chi connectivity index (χ3v) is 5.51. The Labute approximate surface area is 167 Å². The molecule has 0 saturated carbocycles.